The molecule has 14 heavy (non-hydrogen) atoms. The molecule has 0 saturated carbocycles. The summed E-state index contributed by atoms with van der Waals surface area (Å²) in [5.41, 5.74) is 0. The zero-order valence-electron chi connectivity index (χ0n) is 9.17. The van der Waals surface area contributed by atoms with E-state index in [0.717, 1.165) is 12.0 Å². The molecule has 2 nitrogen and oxygen atoms in total. The molecule has 3 heteroatoms. The smallest absolute Gasteiger partial charge is 0.00884 e. The van der Waals surface area contributed by atoms with Crippen LogP contribution in [0.1, 0.15) is 19.3 Å². The molecule has 2 saturated heterocycles. The van der Waals surface area contributed by atoms with E-state index in [2.05, 4.69) is 29.0 Å². The summed E-state index contributed by atoms with van der Waals surface area (Å²) < 4.78 is 0. The molecule has 1 atom stereocenters. The summed E-state index contributed by atoms with van der Waals surface area (Å²) in [6.45, 7) is 3.99. The summed E-state index contributed by atoms with van der Waals surface area (Å²) in [5.74, 6) is 3.80. The van der Waals surface area contributed by atoms with Crippen LogP contribution in [-0.2, 0) is 0 Å². The van der Waals surface area contributed by atoms with Crippen molar-refractivity contribution in [3.8, 4) is 0 Å². The van der Waals surface area contributed by atoms with E-state index in [9.17, 15) is 0 Å². The SMILES string of the molecule is CNC1CCN(CC2CCSC2)CC1. The summed E-state index contributed by atoms with van der Waals surface area (Å²) in [7, 11) is 2.09. The van der Waals surface area contributed by atoms with E-state index in [-0.39, 0.29) is 0 Å². The van der Waals surface area contributed by atoms with Crippen molar-refractivity contribution in [3.05, 3.63) is 0 Å². The largest absolute Gasteiger partial charge is 0.317 e. The Balaban J connectivity index is 1.67. The van der Waals surface area contributed by atoms with Crippen LogP contribution in [0, 0.1) is 5.92 Å². The van der Waals surface area contributed by atoms with Gasteiger partial charge < -0.3 is 10.2 Å². The summed E-state index contributed by atoms with van der Waals surface area (Å²) >= 11 is 2.14. The van der Waals surface area contributed by atoms with Gasteiger partial charge in [0.2, 0.25) is 0 Å². The quantitative estimate of drug-likeness (QED) is 0.765. The predicted molar refractivity (Wildman–Crippen MR) is 64.0 cm³/mol. The predicted octanol–water partition coefficient (Wildman–Crippen LogP) is 1.42. The Morgan fingerprint density at radius 2 is 2.07 bits per heavy atom. The molecule has 2 heterocycles. The standard InChI is InChI=1S/C11H22N2S/c1-12-11-2-5-13(6-3-11)8-10-4-7-14-9-10/h10-12H,2-9H2,1H3. The van der Waals surface area contributed by atoms with Crippen molar-refractivity contribution in [3.63, 3.8) is 0 Å². The Morgan fingerprint density at radius 1 is 1.29 bits per heavy atom. The maximum Gasteiger partial charge on any atom is 0.00884 e. The number of rotatable bonds is 3. The third-order valence-electron chi connectivity index (χ3n) is 3.54. The highest BCUT2D eigenvalue weighted by Crippen LogP contribution is 2.25. The minimum atomic E-state index is 0.782. The van der Waals surface area contributed by atoms with Gasteiger partial charge in [-0.15, -0.1) is 0 Å². The average molecular weight is 214 g/mol. The molecule has 1 N–H and O–H groups in total. The van der Waals surface area contributed by atoms with Gasteiger partial charge in [0, 0.05) is 12.6 Å². The first kappa shape index (κ1) is 10.8. The van der Waals surface area contributed by atoms with Crippen molar-refractivity contribution in [1.29, 1.82) is 0 Å². The van der Waals surface area contributed by atoms with E-state index < -0.39 is 0 Å². The van der Waals surface area contributed by atoms with Crippen LogP contribution in [-0.4, -0.2) is 49.1 Å². The van der Waals surface area contributed by atoms with Gasteiger partial charge in [-0.25, -0.2) is 0 Å². The lowest BCUT2D eigenvalue weighted by atomic mass is 10.0. The summed E-state index contributed by atoms with van der Waals surface area (Å²) in [6.07, 6.45) is 4.14. The zero-order valence-corrected chi connectivity index (χ0v) is 9.98. The molecular formula is C11H22N2S. The maximum absolute atomic E-state index is 3.39. The van der Waals surface area contributed by atoms with E-state index >= 15 is 0 Å². The number of nitrogens with zero attached hydrogens (tertiary/aromatic N) is 1. The lowest BCUT2D eigenvalue weighted by molar-refractivity contribution is 0.180. The second-order valence-corrected chi connectivity index (χ2v) is 5.74. The van der Waals surface area contributed by atoms with E-state index in [1.54, 1.807) is 0 Å². The highest BCUT2D eigenvalue weighted by molar-refractivity contribution is 7.99. The number of nitrogens with one attached hydrogen (secondary N) is 1. The highest BCUT2D eigenvalue weighted by Gasteiger charge is 2.22. The first-order chi connectivity index (χ1) is 6.88. The molecule has 2 fully saturated rings. The Hall–Kier alpha value is 0.270. The topological polar surface area (TPSA) is 15.3 Å². The Kier molecular flexibility index (Phi) is 4.14. The molecule has 0 radical (unpaired) electrons. The average Bonchev–Trinajstić information content (AvgIpc) is 2.72. The third-order valence-corrected chi connectivity index (χ3v) is 4.77. The summed E-state index contributed by atoms with van der Waals surface area (Å²) in [4.78, 5) is 2.67. The van der Waals surface area contributed by atoms with Gasteiger partial charge in [-0.2, -0.15) is 11.8 Å². The maximum atomic E-state index is 3.39. The number of hydrogen-bond donors (Lipinski definition) is 1. The van der Waals surface area contributed by atoms with Gasteiger partial charge in [0.15, 0.2) is 0 Å². The van der Waals surface area contributed by atoms with Crippen molar-refractivity contribution in [1.82, 2.24) is 10.2 Å². The van der Waals surface area contributed by atoms with Crippen molar-refractivity contribution in [2.24, 2.45) is 5.92 Å². The highest BCUT2D eigenvalue weighted by atomic mass is 32.2. The number of piperidine rings is 1. The second-order valence-electron chi connectivity index (χ2n) is 4.59. The summed E-state index contributed by atoms with van der Waals surface area (Å²) in [5, 5.41) is 3.39. The van der Waals surface area contributed by atoms with E-state index in [1.807, 2.05) is 0 Å². The molecule has 0 aromatic heterocycles. The minimum absolute atomic E-state index is 0.782. The lowest BCUT2D eigenvalue weighted by Gasteiger charge is -2.33. The van der Waals surface area contributed by atoms with Crippen LogP contribution in [0.25, 0.3) is 0 Å². The number of thioether (sulfide) groups is 1. The normalized spacial score (nSPS) is 31.1. The van der Waals surface area contributed by atoms with E-state index in [0.29, 0.717) is 0 Å². The fourth-order valence-corrected chi connectivity index (χ4v) is 3.77. The minimum Gasteiger partial charge on any atom is -0.317 e. The van der Waals surface area contributed by atoms with Gasteiger partial charge in [0.25, 0.3) is 0 Å². The fraction of sp³-hybridized carbons (Fsp3) is 1.00. The molecule has 0 spiro atoms. The Bertz CT molecular complexity index is 161. The zero-order chi connectivity index (χ0) is 9.80. The molecule has 2 aliphatic rings. The van der Waals surface area contributed by atoms with Crippen LogP contribution in [0.5, 0.6) is 0 Å². The van der Waals surface area contributed by atoms with Crippen LogP contribution in [0.4, 0.5) is 0 Å². The van der Waals surface area contributed by atoms with Crippen molar-refractivity contribution >= 4 is 11.8 Å². The van der Waals surface area contributed by atoms with Crippen molar-refractivity contribution in [2.45, 2.75) is 25.3 Å². The molecule has 0 bridgehead atoms. The third kappa shape index (κ3) is 2.88. The fourth-order valence-electron chi connectivity index (χ4n) is 2.50. The molecule has 0 aromatic carbocycles. The van der Waals surface area contributed by atoms with Crippen LogP contribution < -0.4 is 5.32 Å². The van der Waals surface area contributed by atoms with Gasteiger partial charge in [-0.1, -0.05) is 0 Å². The molecule has 1 unspecified atom stereocenters. The molecule has 2 rings (SSSR count). The van der Waals surface area contributed by atoms with E-state index in [4.69, 9.17) is 0 Å². The van der Waals surface area contributed by atoms with Crippen molar-refractivity contribution < 1.29 is 0 Å². The van der Waals surface area contributed by atoms with Gasteiger partial charge in [0.1, 0.15) is 0 Å². The monoisotopic (exact) mass is 214 g/mol. The summed E-state index contributed by atoms with van der Waals surface area (Å²) in [6, 6.07) is 0.782. The van der Waals surface area contributed by atoms with Gasteiger partial charge in [0.05, 0.1) is 0 Å². The Morgan fingerprint density at radius 3 is 2.64 bits per heavy atom. The number of likely N-dealkylation sites (tertiary alicyclic amines) is 1. The first-order valence-corrected chi connectivity index (χ1v) is 7.01. The van der Waals surface area contributed by atoms with Crippen LogP contribution in [0.15, 0.2) is 0 Å². The van der Waals surface area contributed by atoms with E-state index in [1.165, 1.54) is 50.4 Å². The number of hydrogen-bond acceptors (Lipinski definition) is 3. The first-order valence-electron chi connectivity index (χ1n) is 5.86. The molecule has 82 valence electrons. The lowest BCUT2D eigenvalue weighted by Crippen LogP contribution is -2.42. The molecule has 0 amide bonds. The molecular weight excluding hydrogens is 192 g/mol. The molecule has 0 aliphatic carbocycles. The van der Waals surface area contributed by atoms with Gasteiger partial charge in [-0.05, 0) is 56.8 Å². The molecule has 2 aliphatic heterocycles. The van der Waals surface area contributed by atoms with Crippen LogP contribution in [0.2, 0.25) is 0 Å². The van der Waals surface area contributed by atoms with Gasteiger partial charge in [-0.3, -0.25) is 0 Å². The molecule has 0 aromatic rings. The van der Waals surface area contributed by atoms with Crippen LogP contribution >= 0.6 is 11.8 Å². The Labute approximate surface area is 91.8 Å². The van der Waals surface area contributed by atoms with Crippen molar-refractivity contribution in [2.75, 3.05) is 38.2 Å². The van der Waals surface area contributed by atoms with Crippen LogP contribution in [0.3, 0.4) is 0 Å². The second kappa shape index (κ2) is 5.38. The van der Waals surface area contributed by atoms with Gasteiger partial charge >= 0.3 is 0 Å².